The lowest BCUT2D eigenvalue weighted by Gasteiger charge is -2.14. The van der Waals surface area contributed by atoms with Crippen LogP contribution in [0.15, 0.2) is 12.2 Å². The van der Waals surface area contributed by atoms with Crippen molar-refractivity contribution in [2.75, 3.05) is 6.54 Å². The molecular formula is C11H21NO. The van der Waals surface area contributed by atoms with E-state index < -0.39 is 0 Å². The first kappa shape index (κ1) is 12.2. The first-order chi connectivity index (χ1) is 6.09. The summed E-state index contributed by atoms with van der Waals surface area (Å²) in [6.07, 6.45) is 4.98. The SMILES string of the molecule is C/C=C/CCNC(=O)C(C)C(C)C. The zero-order valence-corrected chi connectivity index (χ0v) is 9.13. The van der Waals surface area contributed by atoms with E-state index >= 15 is 0 Å². The number of carbonyl (C=O) groups is 1. The van der Waals surface area contributed by atoms with Crippen LogP contribution in [0.25, 0.3) is 0 Å². The van der Waals surface area contributed by atoms with Crippen LogP contribution in [0.2, 0.25) is 0 Å². The van der Waals surface area contributed by atoms with E-state index in [0.717, 1.165) is 13.0 Å². The van der Waals surface area contributed by atoms with Crippen molar-refractivity contribution in [1.29, 1.82) is 0 Å². The van der Waals surface area contributed by atoms with E-state index in [1.165, 1.54) is 0 Å². The summed E-state index contributed by atoms with van der Waals surface area (Å²) >= 11 is 0. The van der Waals surface area contributed by atoms with E-state index in [1.807, 2.05) is 19.9 Å². The molecule has 1 amide bonds. The number of hydrogen-bond donors (Lipinski definition) is 1. The molecule has 0 saturated heterocycles. The summed E-state index contributed by atoms with van der Waals surface area (Å²) in [5, 5.41) is 2.91. The number of allylic oxidation sites excluding steroid dienone is 1. The molecule has 0 spiro atoms. The summed E-state index contributed by atoms with van der Waals surface area (Å²) in [6, 6.07) is 0. The van der Waals surface area contributed by atoms with Gasteiger partial charge in [-0.15, -0.1) is 0 Å². The van der Waals surface area contributed by atoms with Gasteiger partial charge >= 0.3 is 0 Å². The molecule has 0 radical (unpaired) electrons. The van der Waals surface area contributed by atoms with E-state index in [-0.39, 0.29) is 11.8 Å². The highest BCUT2D eigenvalue weighted by atomic mass is 16.1. The number of nitrogens with one attached hydrogen (secondary N) is 1. The Balaban J connectivity index is 3.62. The quantitative estimate of drug-likeness (QED) is 0.514. The molecule has 0 aliphatic heterocycles. The van der Waals surface area contributed by atoms with Crippen LogP contribution in [-0.4, -0.2) is 12.5 Å². The maximum absolute atomic E-state index is 11.4. The van der Waals surface area contributed by atoms with Crippen LogP contribution >= 0.6 is 0 Å². The lowest BCUT2D eigenvalue weighted by molar-refractivity contribution is -0.125. The Morgan fingerprint density at radius 1 is 1.38 bits per heavy atom. The van der Waals surface area contributed by atoms with Gasteiger partial charge in [0, 0.05) is 12.5 Å². The number of amides is 1. The lowest BCUT2D eigenvalue weighted by Crippen LogP contribution is -2.32. The molecule has 1 atom stereocenters. The van der Waals surface area contributed by atoms with Gasteiger partial charge in [-0.1, -0.05) is 32.9 Å². The van der Waals surface area contributed by atoms with E-state index in [0.29, 0.717) is 5.92 Å². The maximum atomic E-state index is 11.4. The minimum absolute atomic E-state index is 0.116. The van der Waals surface area contributed by atoms with Crippen molar-refractivity contribution < 1.29 is 4.79 Å². The monoisotopic (exact) mass is 183 g/mol. The highest BCUT2D eigenvalue weighted by molar-refractivity contribution is 5.78. The largest absolute Gasteiger partial charge is 0.356 e. The molecule has 2 heteroatoms. The van der Waals surface area contributed by atoms with E-state index in [1.54, 1.807) is 0 Å². The lowest BCUT2D eigenvalue weighted by atomic mass is 9.97. The molecule has 0 saturated carbocycles. The number of carbonyl (C=O) groups excluding carboxylic acids is 1. The third kappa shape index (κ3) is 5.45. The fourth-order valence-electron chi connectivity index (χ4n) is 0.909. The normalized spacial score (nSPS) is 13.6. The first-order valence-electron chi connectivity index (χ1n) is 4.98. The second kappa shape index (κ2) is 6.70. The molecule has 76 valence electrons. The molecule has 1 N–H and O–H groups in total. The van der Waals surface area contributed by atoms with Gasteiger partial charge in [0.15, 0.2) is 0 Å². The summed E-state index contributed by atoms with van der Waals surface area (Å²) in [5.41, 5.74) is 0. The Kier molecular flexibility index (Phi) is 6.29. The van der Waals surface area contributed by atoms with Crippen LogP contribution in [0.3, 0.4) is 0 Å². The second-order valence-corrected chi connectivity index (χ2v) is 3.68. The third-order valence-electron chi connectivity index (χ3n) is 2.26. The van der Waals surface area contributed by atoms with Crippen molar-refractivity contribution in [3.8, 4) is 0 Å². The summed E-state index contributed by atoms with van der Waals surface area (Å²) in [6.45, 7) is 8.83. The van der Waals surface area contributed by atoms with Gasteiger partial charge < -0.3 is 5.32 Å². The Labute approximate surface area is 81.4 Å². The smallest absolute Gasteiger partial charge is 0.223 e. The summed E-state index contributed by atoms with van der Waals surface area (Å²) in [7, 11) is 0. The fourth-order valence-corrected chi connectivity index (χ4v) is 0.909. The first-order valence-corrected chi connectivity index (χ1v) is 4.98. The van der Waals surface area contributed by atoms with Gasteiger partial charge in [-0.3, -0.25) is 4.79 Å². The summed E-state index contributed by atoms with van der Waals surface area (Å²) in [5.74, 6) is 0.701. The molecule has 0 aromatic heterocycles. The van der Waals surface area contributed by atoms with Crippen LogP contribution in [0, 0.1) is 11.8 Å². The zero-order chi connectivity index (χ0) is 10.3. The van der Waals surface area contributed by atoms with Crippen molar-refractivity contribution in [2.24, 2.45) is 11.8 Å². The Morgan fingerprint density at radius 2 is 2.00 bits per heavy atom. The molecule has 2 nitrogen and oxygen atoms in total. The number of hydrogen-bond acceptors (Lipinski definition) is 1. The van der Waals surface area contributed by atoms with Gasteiger partial charge in [-0.25, -0.2) is 0 Å². The minimum Gasteiger partial charge on any atom is -0.356 e. The molecule has 0 fully saturated rings. The van der Waals surface area contributed by atoms with Crippen LogP contribution in [0.1, 0.15) is 34.1 Å². The molecule has 0 aromatic carbocycles. The summed E-state index contributed by atoms with van der Waals surface area (Å²) < 4.78 is 0. The van der Waals surface area contributed by atoms with Gasteiger partial charge in [0.05, 0.1) is 0 Å². The van der Waals surface area contributed by atoms with Crippen LogP contribution in [0.5, 0.6) is 0 Å². The van der Waals surface area contributed by atoms with E-state index in [4.69, 9.17) is 0 Å². The number of rotatable bonds is 5. The Hall–Kier alpha value is -0.790. The van der Waals surface area contributed by atoms with E-state index in [2.05, 4.69) is 25.2 Å². The summed E-state index contributed by atoms with van der Waals surface area (Å²) in [4.78, 5) is 11.4. The van der Waals surface area contributed by atoms with Gasteiger partial charge in [0.25, 0.3) is 0 Å². The van der Waals surface area contributed by atoms with E-state index in [9.17, 15) is 4.79 Å². The molecule has 0 aliphatic carbocycles. The van der Waals surface area contributed by atoms with Gasteiger partial charge in [0.2, 0.25) is 5.91 Å². The van der Waals surface area contributed by atoms with Crippen molar-refractivity contribution in [2.45, 2.75) is 34.1 Å². The predicted octanol–water partition coefficient (Wildman–Crippen LogP) is 2.36. The zero-order valence-electron chi connectivity index (χ0n) is 9.13. The minimum atomic E-state index is 0.116. The molecule has 0 heterocycles. The molecule has 0 bridgehead atoms. The molecular weight excluding hydrogens is 162 g/mol. The molecule has 0 aromatic rings. The Bertz CT molecular complexity index is 173. The van der Waals surface area contributed by atoms with Gasteiger partial charge in [-0.2, -0.15) is 0 Å². The van der Waals surface area contributed by atoms with Crippen molar-refractivity contribution >= 4 is 5.91 Å². The molecule has 1 unspecified atom stereocenters. The standard InChI is InChI=1S/C11H21NO/c1-5-6-7-8-12-11(13)10(4)9(2)3/h5-6,9-10H,7-8H2,1-4H3,(H,12,13)/b6-5+. The predicted molar refractivity (Wildman–Crippen MR) is 56.4 cm³/mol. The average molecular weight is 183 g/mol. The highest BCUT2D eigenvalue weighted by Crippen LogP contribution is 2.08. The van der Waals surface area contributed by atoms with Crippen LogP contribution in [0.4, 0.5) is 0 Å². The third-order valence-corrected chi connectivity index (χ3v) is 2.26. The van der Waals surface area contributed by atoms with Crippen LogP contribution < -0.4 is 5.32 Å². The van der Waals surface area contributed by atoms with Crippen molar-refractivity contribution in [3.63, 3.8) is 0 Å². The average Bonchev–Trinajstić information content (AvgIpc) is 2.10. The Morgan fingerprint density at radius 3 is 2.46 bits per heavy atom. The highest BCUT2D eigenvalue weighted by Gasteiger charge is 2.15. The topological polar surface area (TPSA) is 29.1 Å². The second-order valence-electron chi connectivity index (χ2n) is 3.68. The van der Waals surface area contributed by atoms with Gasteiger partial charge in [0.1, 0.15) is 0 Å². The maximum Gasteiger partial charge on any atom is 0.223 e. The molecule has 0 aliphatic rings. The van der Waals surface area contributed by atoms with Crippen molar-refractivity contribution in [1.82, 2.24) is 5.32 Å². The fraction of sp³-hybridized carbons (Fsp3) is 0.727. The van der Waals surface area contributed by atoms with Crippen molar-refractivity contribution in [3.05, 3.63) is 12.2 Å². The molecule has 0 rings (SSSR count). The van der Waals surface area contributed by atoms with Gasteiger partial charge in [-0.05, 0) is 19.3 Å². The van der Waals surface area contributed by atoms with Crippen LogP contribution in [-0.2, 0) is 4.79 Å². The molecule has 13 heavy (non-hydrogen) atoms.